The molecule has 0 aromatic heterocycles. The van der Waals surface area contributed by atoms with Crippen molar-refractivity contribution in [2.24, 2.45) is 0 Å². The Morgan fingerprint density at radius 1 is 1.08 bits per heavy atom. The number of halogens is 3. The summed E-state index contributed by atoms with van der Waals surface area (Å²) in [5.41, 5.74) is 0.229. The van der Waals surface area contributed by atoms with Gasteiger partial charge in [-0.3, -0.25) is 9.52 Å². The number of alkyl halides is 3. The standard InChI is InChI=1S/C17H17F3N2O3S/c1-22(11-10-17(18,19)20)16(23)13-6-5-7-14(12-13)21-26(24,25)15-8-3-2-4-9-15/h2-9,12,21H,10-11H2,1H3. The largest absolute Gasteiger partial charge is 0.390 e. The van der Waals surface area contributed by atoms with Crippen LogP contribution in [-0.2, 0) is 10.0 Å². The van der Waals surface area contributed by atoms with Gasteiger partial charge in [0, 0.05) is 24.8 Å². The normalized spacial score (nSPS) is 11.8. The maximum Gasteiger partial charge on any atom is 0.390 e. The van der Waals surface area contributed by atoms with Gasteiger partial charge in [-0.05, 0) is 30.3 Å². The zero-order valence-corrected chi connectivity index (χ0v) is 14.6. The molecule has 140 valence electrons. The third-order valence-electron chi connectivity index (χ3n) is 3.49. The van der Waals surface area contributed by atoms with E-state index in [2.05, 4.69) is 4.72 Å². The molecule has 9 heteroatoms. The van der Waals surface area contributed by atoms with E-state index < -0.39 is 35.1 Å². The molecule has 2 aromatic carbocycles. The van der Waals surface area contributed by atoms with Crippen LogP contribution in [0.15, 0.2) is 59.5 Å². The Balaban J connectivity index is 2.14. The van der Waals surface area contributed by atoms with Gasteiger partial charge in [0.15, 0.2) is 0 Å². The number of hydrogen-bond acceptors (Lipinski definition) is 3. The molecular weight excluding hydrogens is 369 g/mol. The van der Waals surface area contributed by atoms with Gasteiger partial charge in [-0.2, -0.15) is 13.2 Å². The van der Waals surface area contributed by atoms with E-state index in [9.17, 15) is 26.4 Å². The lowest BCUT2D eigenvalue weighted by atomic mass is 10.2. The predicted molar refractivity (Wildman–Crippen MR) is 91.3 cm³/mol. The zero-order chi connectivity index (χ0) is 19.4. The predicted octanol–water partition coefficient (Wildman–Crippen LogP) is 3.51. The Hall–Kier alpha value is -2.55. The van der Waals surface area contributed by atoms with Crippen LogP contribution < -0.4 is 4.72 Å². The fourth-order valence-corrected chi connectivity index (χ4v) is 3.22. The summed E-state index contributed by atoms with van der Waals surface area (Å²) in [5.74, 6) is -0.630. The highest BCUT2D eigenvalue weighted by atomic mass is 32.2. The van der Waals surface area contributed by atoms with Crippen molar-refractivity contribution in [2.75, 3.05) is 18.3 Å². The van der Waals surface area contributed by atoms with Crippen molar-refractivity contribution < 1.29 is 26.4 Å². The number of amides is 1. The lowest BCUT2D eigenvalue weighted by Gasteiger charge is -2.18. The maximum atomic E-state index is 12.3. The number of sulfonamides is 1. The van der Waals surface area contributed by atoms with E-state index in [1.165, 1.54) is 43.4 Å². The first-order valence-corrected chi connectivity index (χ1v) is 9.07. The molecule has 0 saturated carbocycles. The van der Waals surface area contributed by atoms with Gasteiger partial charge in [0.2, 0.25) is 0 Å². The van der Waals surface area contributed by atoms with E-state index in [1.54, 1.807) is 18.2 Å². The molecule has 1 N–H and O–H groups in total. The second kappa shape index (κ2) is 7.77. The summed E-state index contributed by atoms with van der Waals surface area (Å²) in [5, 5.41) is 0. The second-order valence-corrected chi connectivity index (χ2v) is 7.27. The van der Waals surface area contributed by atoms with Gasteiger partial charge in [-0.25, -0.2) is 8.42 Å². The summed E-state index contributed by atoms with van der Waals surface area (Å²) in [6.07, 6.45) is -5.47. The molecule has 0 radical (unpaired) electrons. The number of nitrogens with zero attached hydrogens (tertiary/aromatic N) is 1. The molecule has 0 bridgehead atoms. The average Bonchev–Trinajstić information content (AvgIpc) is 2.59. The summed E-state index contributed by atoms with van der Waals surface area (Å²) >= 11 is 0. The highest BCUT2D eigenvalue weighted by molar-refractivity contribution is 7.92. The Morgan fingerprint density at radius 2 is 1.73 bits per heavy atom. The average molecular weight is 386 g/mol. The third kappa shape index (κ3) is 5.48. The number of carbonyl (C=O) groups is 1. The molecule has 0 atom stereocenters. The lowest BCUT2D eigenvalue weighted by Crippen LogP contribution is -2.30. The van der Waals surface area contributed by atoms with E-state index in [-0.39, 0.29) is 16.1 Å². The van der Waals surface area contributed by atoms with Gasteiger partial charge in [-0.15, -0.1) is 0 Å². The van der Waals surface area contributed by atoms with Crippen LogP contribution in [0.3, 0.4) is 0 Å². The first-order chi connectivity index (χ1) is 12.1. The highest BCUT2D eigenvalue weighted by Crippen LogP contribution is 2.21. The van der Waals surface area contributed by atoms with Crippen LogP contribution >= 0.6 is 0 Å². The molecule has 2 rings (SSSR count). The zero-order valence-electron chi connectivity index (χ0n) is 13.8. The van der Waals surface area contributed by atoms with Gasteiger partial charge < -0.3 is 4.90 Å². The number of anilines is 1. The monoisotopic (exact) mass is 386 g/mol. The molecule has 0 saturated heterocycles. The summed E-state index contributed by atoms with van der Waals surface area (Å²) in [6.45, 7) is -0.484. The van der Waals surface area contributed by atoms with Gasteiger partial charge >= 0.3 is 6.18 Å². The number of rotatable bonds is 6. The summed E-state index contributed by atoms with van der Waals surface area (Å²) < 4.78 is 63.8. The third-order valence-corrected chi connectivity index (χ3v) is 4.89. The Bertz CT molecular complexity index is 868. The molecule has 0 aliphatic rings. The SMILES string of the molecule is CN(CCC(F)(F)F)C(=O)c1cccc(NS(=O)(=O)c2ccccc2)c1. The van der Waals surface area contributed by atoms with E-state index in [0.29, 0.717) is 0 Å². The fraction of sp³-hybridized carbons (Fsp3) is 0.235. The van der Waals surface area contributed by atoms with E-state index in [4.69, 9.17) is 0 Å². The van der Waals surface area contributed by atoms with Gasteiger partial charge in [0.1, 0.15) is 0 Å². The van der Waals surface area contributed by atoms with Crippen molar-refractivity contribution >= 4 is 21.6 Å². The van der Waals surface area contributed by atoms with Crippen LogP contribution in [0.2, 0.25) is 0 Å². The first kappa shape index (κ1) is 19.8. The molecule has 0 aliphatic heterocycles. The lowest BCUT2D eigenvalue weighted by molar-refractivity contribution is -0.136. The fourth-order valence-electron chi connectivity index (χ4n) is 2.15. The molecule has 0 aliphatic carbocycles. The second-order valence-electron chi connectivity index (χ2n) is 5.59. The van der Waals surface area contributed by atoms with E-state index in [1.807, 2.05) is 0 Å². The molecule has 5 nitrogen and oxygen atoms in total. The minimum absolute atomic E-state index is 0.0547. The van der Waals surface area contributed by atoms with Crippen LogP contribution in [-0.4, -0.2) is 39.0 Å². The number of carbonyl (C=O) groups excluding carboxylic acids is 1. The van der Waals surface area contributed by atoms with Crippen molar-refractivity contribution in [3.63, 3.8) is 0 Å². The van der Waals surface area contributed by atoms with E-state index in [0.717, 1.165) is 4.90 Å². The smallest absolute Gasteiger partial charge is 0.341 e. The van der Waals surface area contributed by atoms with Crippen molar-refractivity contribution in [2.45, 2.75) is 17.5 Å². The highest BCUT2D eigenvalue weighted by Gasteiger charge is 2.28. The minimum Gasteiger partial charge on any atom is -0.341 e. The molecule has 0 unspecified atom stereocenters. The molecule has 26 heavy (non-hydrogen) atoms. The van der Waals surface area contributed by atoms with Crippen molar-refractivity contribution in [1.82, 2.24) is 4.90 Å². The Morgan fingerprint density at radius 3 is 2.35 bits per heavy atom. The summed E-state index contributed by atoms with van der Waals surface area (Å²) in [6, 6.07) is 13.3. The first-order valence-electron chi connectivity index (χ1n) is 7.59. The molecule has 1 amide bonds. The van der Waals surface area contributed by atoms with Crippen LogP contribution in [0, 0.1) is 0 Å². The molecule has 2 aromatic rings. The van der Waals surface area contributed by atoms with Crippen molar-refractivity contribution in [3.8, 4) is 0 Å². The molecule has 0 heterocycles. The molecule has 0 spiro atoms. The topological polar surface area (TPSA) is 66.5 Å². The van der Waals surface area contributed by atoms with Crippen molar-refractivity contribution in [1.29, 1.82) is 0 Å². The Kier molecular flexibility index (Phi) is 5.91. The Labute approximate surface area is 149 Å². The van der Waals surface area contributed by atoms with Gasteiger partial charge in [0.05, 0.1) is 11.3 Å². The minimum atomic E-state index is -4.36. The van der Waals surface area contributed by atoms with Crippen molar-refractivity contribution in [3.05, 3.63) is 60.2 Å². The molecule has 0 fully saturated rings. The van der Waals surface area contributed by atoms with Crippen LogP contribution in [0.25, 0.3) is 0 Å². The van der Waals surface area contributed by atoms with E-state index >= 15 is 0 Å². The number of nitrogens with one attached hydrogen (secondary N) is 1. The van der Waals surface area contributed by atoms with Crippen LogP contribution in [0.4, 0.5) is 18.9 Å². The maximum absolute atomic E-state index is 12.3. The van der Waals surface area contributed by atoms with Crippen LogP contribution in [0.5, 0.6) is 0 Å². The molecular formula is C17H17F3N2O3S. The quantitative estimate of drug-likeness (QED) is 0.826. The van der Waals surface area contributed by atoms with Crippen LogP contribution in [0.1, 0.15) is 16.8 Å². The summed E-state index contributed by atoms with van der Waals surface area (Å²) in [4.78, 5) is 13.2. The van der Waals surface area contributed by atoms with Gasteiger partial charge in [0.25, 0.3) is 15.9 Å². The number of hydrogen-bond donors (Lipinski definition) is 1. The summed E-state index contributed by atoms with van der Waals surface area (Å²) in [7, 11) is -2.57. The van der Waals surface area contributed by atoms with Gasteiger partial charge in [-0.1, -0.05) is 24.3 Å². The number of benzene rings is 2.